The van der Waals surface area contributed by atoms with Crippen LogP contribution >= 0.6 is 23.5 Å². The first-order valence-electron chi connectivity index (χ1n) is 9.29. The van der Waals surface area contributed by atoms with E-state index in [-0.39, 0.29) is 11.7 Å². The predicted molar refractivity (Wildman–Crippen MR) is 117 cm³/mol. The minimum absolute atomic E-state index is 0.0678. The monoisotopic (exact) mass is 428 g/mol. The fraction of sp³-hybridized carbons (Fsp3) is 0.350. The Morgan fingerprint density at radius 3 is 2.41 bits per heavy atom. The van der Waals surface area contributed by atoms with Crippen LogP contribution in [-0.2, 0) is 24.0 Å². The second-order valence-electron chi connectivity index (χ2n) is 6.57. The molecule has 1 amide bonds. The Kier molecular flexibility index (Phi) is 7.27. The van der Waals surface area contributed by atoms with E-state index in [4.69, 9.17) is 0 Å². The van der Waals surface area contributed by atoms with Gasteiger partial charge in [0.15, 0.2) is 10.3 Å². The Morgan fingerprint density at radius 2 is 1.76 bits per heavy atom. The summed E-state index contributed by atoms with van der Waals surface area (Å²) in [5.74, 6) is 1.63. The van der Waals surface area contributed by atoms with Crippen molar-refractivity contribution in [2.24, 2.45) is 7.05 Å². The van der Waals surface area contributed by atoms with E-state index in [0.29, 0.717) is 10.9 Å². The lowest BCUT2D eigenvalue weighted by Crippen LogP contribution is -2.14. The van der Waals surface area contributed by atoms with Crippen LogP contribution in [0.15, 0.2) is 40.6 Å². The van der Waals surface area contributed by atoms with Crippen molar-refractivity contribution in [2.45, 2.75) is 43.3 Å². The quantitative estimate of drug-likeness (QED) is 0.431. The molecule has 1 aromatic carbocycles. The molecule has 0 aliphatic rings. The van der Waals surface area contributed by atoms with Crippen LogP contribution in [-0.4, -0.2) is 36.4 Å². The number of hydrogen-bond acceptors (Lipinski definition) is 7. The van der Waals surface area contributed by atoms with Gasteiger partial charge in [-0.05, 0) is 44.0 Å². The van der Waals surface area contributed by atoms with Gasteiger partial charge in [-0.2, -0.15) is 0 Å². The maximum absolute atomic E-state index is 12.2. The highest BCUT2D eigenvalue weighted by atomic mass is 32.2. The molecule has 0 unspecified atom stereocenters. The topological polar surface area (TPSA) is 85.6 Å². The van der Waals surface area contributed by atoms with Gasteiger partial charge in [-0.3, -0.25) is 4.79 Å². The number of carbonyl (C=O) groups excluding carboxylic acids is 1. The zero-order chi connectivity index (χ0) is 20.8. The lowest BCUT2D eigenvalue weighted by Gasteiger charge is -2.06. The summed E-state index contributed by atoms with van der Waals surface area (Å²) >= 11 is 2.89. The first-order chi connectivity index (χ1) is 13.9. The fourth-order valence-corrected chi connectivity index (χ4v) is 4.29. The number of nitrogens with zero attached hydrogens (tertiary/aromatic N) is 5. The first-order valence-corrected chi connectivity index (χ1v) is 11.3. The average molecular weight is 429 g/mol. The summed E-state index contributed by atoms with van der Waals surface area (Å²) in [7, 11) is 1.90. The van der Waals surface area contributed by atoms with Crippen LogP contribution in [0, 0.1) is 13.8 Å². The van der Waals surface area contributed by atoms with Crippen LogP contribution in [0.2, 0.25) is 0 Å². The Labute approximate surface area is 179 Å². The number of aryl methyl sites for hydroxylation is 3. The molecular formula is C20H24N6OS2. The molecule has 0 bridgehead atoms. The predicted octanol–water partition coefficient (Wildman–Crippen LogP) is 3.81. The first kappa shape index (κ1) is 21.3. The van der Waals surface area contributed by atoms with Crippen LogP contribution in [0.5, 0.6) is 0 Å². The van der Waals surface area contributed by atoms with E-state index in [1.807, 2.05) is 55.8 Å². The van der Waals surface area contributed by atoms with Gasteiger partial charge in [0.05, 0.1) is 11.5 Å². The number of aromatic nitrogens is 5. The molecular weight excluding hydrogens is 404 g/mol. The zero-order valence-corrected chi connectivity index (χ0v) is 18.6. The summed E-state index contributed by atoms with van der Waals surface area (Å²) in [4.78, 5) is 21.1. The van der Waals surface area contributed by atoms with Gasteiger partial charge in [0.25, 0.3) is 0 Å². The number of benzene rings is 1. The van der Waals surface area contributed by atoms with E-state index in [9.17, 15) is 4.79 Å². The number of rotatable bonds is 8. The van der Waals surface area contributed by atoms with E-state index < -0.39 is 0 Å². The standard InChI is InChI=1S/C20H24N6OS2/c1-5-15-6-8-16(9-7-15)23-18(27)12-29-20-25-24-17(26(20)4)11-28-19-21-13(2)10-14(3)22-19/h6-10H,5,11-12H2,1-4H3,(H,23,27). The Hall–Kier alpha value is -2.39. The number of anilines is 1. The van der Waals surface area contributed by atoms with Crippen molar-refractivity contribution in [1.82, 2.24) is 24.7 Å². The molecule has 0 spiro atoms. The second-order valence-corrected chi connectivity index (χ2v) is 8.45. The largest absolute Gasteiger partial charge is 0.325 e. The van der Waals surface area contributed by atoms with Gasteiger partial charge in [0, 0.05) is 24.1 Å². The Morgan fingerprint density at radius 1 is 1.07 bits per heavy atom. The molecule has 152 valence electrons. The molecule has 0 aliphatic heterocycles. The van der Waals surface area contributed by atoms with Gasteiger partial charge in [0.2, 0.25) is 5.91 Å². The van der Waals surface area contributed by atoms with Crippen molar-refractivity contribution >= 4 is 35.1 Å². The number of thioether (sulfide) groups is 2. The van der Waals surface area contributed by atoms with Gasteiger partial charge < -0.3 is 9.88 Å². The summed E-state index contributed by atoms with van der Waals surface area (Å²) in [5.41, 5.74) is 3.94. The summed E-state index contributed by atoms with van der Waals surface area (Å²) in [6.07, 6.45) is 0.979. The van der Waals surface area contributed by atoms with Crippen molar-refractivity contribution in [3.05, 3.63) is 53.1 Å². The van der Waals surface area contributed by atoms with E-state index >= 15 is 0 Å². The SMILES string of the molecule is CCc1ccc(NC(=O)CSc2nnc(CSc3nc(C)cc(C)n3)n2C)cc1. The lowest BCUT2D eigenvalue weighted by molar-refractivity contribution is -0.113. The van der Waals surface area contributed by atoms with E-state index in [1.165, 1.54) is 29.1 Å². The molecule has 0 saturated heterocycles. The molecule has 7 nitrogen and oxygen atoms in total. The fourth-order valence-electron chi connectivity index (χ4n) is 2.63. The number of hydrogen-bond donors (Lipinski definition) is 1. The maximum atomic E-state index is 12.2. The van der Waals surface area contributed by atoms with Crippen molar-refractivity contribution in [2.75, 3.05) is 11.1 Å². The summed E-state index contributed by atoms with van der Waals surface area (Å²) in [6, 6.07) is 9.84. The normalized spacial score (nSPS) is 10.9. The second kappa shape index (κ2) is 9.89. The molecule has 1 N–H and O–H groups in total. The Balaban J connectivity index is 1.52. The van der Waals surface area contributed by atoms with Crippen molar-refractivity contribution in [3.8, 4) is 0 Å². The summed E-state index contributed by atoms with van der Waals surface area (Å²) in [5, 5.41) is 12.8. The van der Waals surface area contributed by atoms with Gasteiger partial charge in [0.1, 0.15) is 5.82 Å². The number of nitrogens with one attached hydrogen (secondary N) is 1. The molecule has 3 rings (SSSR count). The van der Waals surface area contributed by atoms with Gasteiger partial charge in [-0.25, -0.2) is 9.97 Å². The third kappa shape index (κ3) is 6.04. The number of carbonyl (C=O) groups is 1. The van der Waals surface area contributed by atoms with Crippen LogP contribution in [0.25, 0.3) is 0 Å². The smallest absolute Gasteiger partial charge is 0.234 e. The molecule has 0 fully saturated rings. The molecule has 0 aliphatic carbocycles. The minimum Gasteiger partial charge on any atom is -0.325 e. The third-order valence-electron chi connectivity index (χ3n) is 4.20. The molecule has 0 atom stereocenters. The van der Waals surface area contributed by atoms with Crippen LogP contribution < -0.4 is 5.32 Å². The average Bonchev–Trinajstić information content (AvgIpc) is 3.04. The molecule has 29 heavy (non-hydrogen) atoms. The highest BCUT2D eigenvalue weighted by Gasteiger charge is 2.13. The third-order valence-corrected chi connectivity index (χ3v) is 6.06. The number of amides is 1. The van der Waals surface area contributed by atoms with Crippen molar-refractivity contribution < 1.29 is 4.79 Å². The summed E-state index contributed by atoms with van der Waals surface area (Å²) < 4.78 is 1.91. The van der Waals surface area contributed by atoms with Crippen LogP contribution in [0.1, 0.15) is 29.7 Å². The minimum atomic E-state index is -0.0678. The Bertz CT molecular complexity index is 967. The molecule has 2 aromatic heterocycles. The van der Waals surface area contributed by atoms with Crippen molar-refractivity contribution in [1.29, 1.82) is 0 Å². The molecule has 3 aromatic rings. The van der Waals surface area contributed by atoms with E-state index in [2.05, 4.69) is 32.4 Å². The molecule has 0 saturated carbocycles. The van der Waals surface area contributed by atoms with E-state index in [1.54, 1.807) is 0 Å². The zero-order valence-electron chi connectivity index (χ0n) is 17.0. The molecule has 9 heteroatoms. The summed E-state index contributed by atoms with van der Waals surface area (Å²) in [6.45, 7) is 6.02. The maximum Gasteiger partial charge on any atom is 0.234 e. The van der Waals surface area contributed by atoms with Crippen molar-refractivity contribution in [3.63, 3.8) is 0 Å². The molecule has 2 heterocycles. The van der Waals surface area contributed by atoms with Crippen LogP contribution in [0.4, 0.5) is 5.69 Å². The van der Waals surface area contributed by atoms with E-state index in [0.717, 1.165) is 34.5 Å². The van der Waals surface area contributed by atoms with Gasteiger partial charge in [-0.15, -0.1) is 10.2 Å². The highest BCUT2D eigenvalue weighted by molar-refractivity contribution is 7.99. The van der Waals surface area contributed by atoms with Gasteiger partial charge in [-0.1, -0.05) is 42.6 Å². The molecule has 0 radical (unpaired) electrons. The van der Waals surface area contributed by atoms with Crippen LogP contribution in [0.3, 0.4) is 0 Å². The lowest BCUT2D eigenvalue weighted by atomic mass is 10.1. The van der Waals surface area contributed by atoms with Gasteiger partial charge >= 0.3 is 0 Å². The highest BCUT2D eigenvalue weighted by Crippen LogP contribution is 2.22.